The van der Waals surface area contributed by atoms with Crippen molar-refractivity contribution in [3.63, 3.8) is 0 Å². The van der Waals surface area contributed by atoms with Gasteiger partial charge in [0.1, 0.15) is 6.61 Å². The summed E-state index contributed by atoms with van der Waals surface area (Å²) in [5, 5.41) is 14.7. The first-order valence-electron chi connectivity index (χ1n) is 12.1. The quantitative estimate of drug-likeness (QED) is 0.510. The molecule has 0 heterocycles. The highest BCUT2D eigenvalue weighted by Crippen LogP contribution is 2.63. The zero-order valence-electron chi connectivity index (χ0n) is 19.7. The summed E-state index contributed by atoms with van der Waals surface area (Å²) in [7, 11) is 1.43. The molecular formula is C27H30N2O6. The smallest absolute Gasteiger partial charge is 0.407 e. The SMILES string of the molecule is COC(CNC(=O)[C@@]12C[C@@H](NC(=O)OCC3c4ccccc4-c4ccccc43)C[C@@H]1C2)CC(=O)O. The molecule has 0 spiro atoms. The lowest BCUT2D eigenvalue weighted by Crippen LogP contribution is -2.41. The number of nitrogens with one attached hydrogen (secondary N) is 2. The minimum Gasteiger partial charge on any atom is -0.481 e. The molecule has 184 valence electrons. The third kappa shape index (κ3) is 4.50. The van der Waals surface area contributed by atoms with Crippen LogP contribution in [0.15, 0.2) is 48.5 Å². The highest BCUT2D eigenvalue weighted by Gasteiger charge is 2.65. The first-order valence-corrected chi connectivity index (χ1v) is 12.1. The maximum atomic E-state index is 12.8. The molecule has 0 radical (unpaired) electrons. The van der Waals surface area contributed by atoms with E-state index in [4.69, 9.17) is 14.6 Å². The Kier molecular flexibility index (Phi) is 6.23. The molecule has 2 aromatic carbocycles. The van der Waals surface area contributed by atoms with Gasteiger partial charge in [-0.3, -0.25) is 9.59 Å². The number of ether oxygens (including phenoxy) is 2. The summed E-state index contributed by atoms with van der Waals surface area (Å²) in [5.41, 5.74) is 4.20. The summed E-state index contributed by atoms with van der Waals surface area (Å²) in [6.07, 6.45) is 0.887. The molecule has 8 nitrogen and oxygen atoms in total. The van der Waals surface area contributed by atoms with Gasteiger partial charge >= 0.3 is 12.1 Å². The van der Waals surface area contributed by atoms with Gasteiger partial charge in [0.2, 0.25) is 5.91 Å². The highest BCUT2D eigenvalue weighted by atomic mass is 16.5. The molecular weight excluding hydrogens is 448 g/mol. The van der Waals surface area contributed by atoms with Crippen molar-refractivity contribution in [2.75, 3.05) is 20.3 Å². The minimum absolute atomic E-state index is 0.00165. The fraction of sp³-hybridized carbons (Fsp3) is 0.444. The van der Waals surface area contributed by atoms with Crippen LogP contribution in [0.5, 0.6) is 0 Å². The van der Waals surface area contributed by atoms with Crippen LogP contribution in [-0.4, -0.2) is 55.5 Å². The van der Waals surface area contributed by atoms with Crippen LogP contribution in [0.25, 0.3) is 11.1 Å². The summed E-state index contributed by atoms with van der Waals surface area (Å²) in [6, 6.07) is 16.3. The molecule has 3 aliphatic rings. The van der Waals surface area contributed by atoms with Crippen molar-refractivity contribution in [2.24, 2.45) is 11.3 Å². The molecule has 1 unspecified atom stereocenters. The third-order valence-electron chi connectivity index (χ3n) is 7.76. The Morgan fingerprint density at radius 3 is 2.34 bits per heavy atom. The van der Waals surface area contributed by atoms with Crippen molar-refractivity contribution in [3.05, 3.63) is 59.7 Å². The van der Waals surface area contributed by atoms with E-state index in [1.54, 1.807) is 0 Å². The van der Waals surface area contributed by atoms with Gasteiger partial charge in [-0.25, -0.2) is 4.79 Å². The van der Waals surface area contributed by atoms with Gasteiger partial charge in [0.05, 0.1) is 17.9 Å². The number of hydrogen-bond acceptors (Lipinski definition) is 5. The maximum Gasteiger partial charge on any atom is 0.407 e. The zero-order chi connectivity index (χ0) is 24.6. The van der Waals surface area contributed by atoms with Crippen LogP contribution in [0, 0.1) is 11.3 Å². The van der Waals surface area contributed by atoms with E-state index >= 15 is 0 Å². The minimum atomic E-state index is -0.971. The lowest BCUT2D eigenvalue weighted by molar-refractivity contribution is -0.140. The van der Waals surface area contributed by atoms with E-state index in [-0.39, 0.29) is 43.4 Å². The number of rotatable bonds is 9. The van der Waals surface area contributed by atoms with E-state index in [1.165, 1.54) is 18.2 Å². The molecule has 0 aliphatic heterocycles. The fourth-order valence-corrected chi connectivity index (χ4v) is 5.91. The zero-order valence-corrected chi connectivity index (χ0v) is 19.7. The predicted octanol–water partition coefficient (Wildman–Crippen LogP) is 3.30. The van der Waals surface area contributed by atoms with Gasteiger partial charge in [0.15, 0.2) is 0 Å². The fourth-order valence-electron chi connectivity index (χ4n) is 5.91. The molecule has 3 N–H and O–H groups in total. The summed E-state index contributed by atoms with van der Waals surface area (Å²) < 4.78 is 10.8. The summed E-state index contributed by atoms with van der Waals surface area (Å²) in [5.74, 6) is -0.836. The average Bonchev–Trinajstić information content (AvgIpc) is 3.27. The van der Waals surface area contributed by atoms with Gasteiger partial charge in [0, 0.05) is 25.6 Å². The Bertz CT molecular complexity index is 1100. The molecule has 2 saturated carbocycles. The number of benzene rings is 2. The third-order valence-corrected chi connectivity index (χ3v) is 7.76. The number of fused-ring (bicyclic) bond motifs is 4. The van der Waals surface area contributed by atoms with Crippen molar-refractivity contribution < 1.29 is 29.0 Å². The number of carboxylic acids is 1. The number of carboxylic acid groups (broad SMARTS) is 1. The standard InChI is InChI=1S/C27H30N2O6/c1-34-18(11-24(30)31)14-28-25(32)27-12-16(27)10-17(13-27)29-26(33)35-15-23-21-8-4-2-6-19(21)20-7-3-5-9-22(20)23/h2-9,16-18,23H,10-15H2,1H3,(H,28,32)(H,29,33)(H,30,31)/t16-,17+,18?,27+/m1/s1. The Morgan fingerprint density at radius 2 is 1.71 bits per heavy atom. The van der Waals surface area contributed by atoms with Crippen LogP contribution < -0.4 is 10.6 Å². The average molecular weight is 479 g/mol. The topological polar surface area (TPSA) is 114 Å². The molecule has 8 heteroatoms. The Hall–Kier alpha value is -3.39. The number of amides is 2. The van der Waals surface area contributed by atoms with E-state index in [1.807, 2.05) is 24.3 Å². The molecule has 0 bridgehead atoms. The second-order valence-electron chi connectivity index (χ2n) is 9.83. The number of alkyl carbamates (subject to hydrolysis) is 1. The van der Waals surface area contributed by atoms with Gasteiger partial charge in [-0.05, 0) is 47.4 Å². The normalized spacial score (nSPS) is 24.6. The summed E-state index contributed by atoms with van der Waals surface area (Å²) >= 11 is 0. The van der Waals surface area contributed by atoms with Crippen LogP contribution in [0.4, 0.5) is 4.79 Å². The summed E-state index contributed by atoms with van der Waals surface area (Å²) in [6.45, 7) is 0.407. The largest absolute Gasteiger partial charge is 0.481 e. The number of carbonyl (C=O) groups is 3. The molecule has 0 saturated heterocycles. The van der Waals surface area contributed by atoms with Crippen LogP contribution in [0.3, 0.4) is 0 Å². The second-order valence-corrected chi connectivity index (χ2v) is 9.83. The number of methoxy groups -OCH3 is 1. The van der Waals surface area contributed by atoms with Crippen molar-refractivity contribution in [1.82, 2.24) is 10.6 Å². The second kappa shape index (κ2) is 9.34. The monoisotopic (exact) mass is 478 g/mol. The van der Waals surface area contributed by atoms with Crippen LogP contribution >= 0.6 is 0 Å². The van der Waals surface area contributed by atoms with Crippen molar-refractivity contribution in [3.8, 4) is 11.1 Å². The summed E-state index contributed by atoms with van der Waals surface area (Å²) in [4.78, 5) is 36.3. The molecule has 2 fully saturated rings. The van der Waals surface area contributed by atoms with E-state index in [0.717, 1.165) is 24.0 Å². The van der Waals surface area contributed by atoms with Gasteiger partial charge in [-0.15, -0.1) is 0 Å². The predicted molar refractivity (Wildman–Crippen MR) is 128 cm³/mol. The molecule has 4 atom stereocenters. The van der Waals surface area contributed by atoms with Crippen LogP contribution in [0.2, 0.25) is 0 Å². The Labute approximate surface area is 204 Å². The molecule has 2 aromatic rings. The molecule has 2 amide bonds. The van der Waals surface area contributed by atoms with E-state index in [2.05, 4.69) is 34.9 Å². The lowest BCUT2D eigenvalue weighted by atomic mass is 9.98. The van der Waals surface area contributed by atoms with Crippen LogP contribution in [-0.2, 0) is 19.1 Å². The van der Waals surface area contributed by atoms with E-state index in [9.17, 15) is 14.4 Å². The van der Waals surface area contributed by atoms with Crippen molar-refractivity contribution in [1.29, 1.82) is 0 Å². The first kappa shape index (κ1) is 23.4. The number of carbonyl (C=O) groups excluding carboxylic acids is 2. The van der Waals surface area contributed by atoms with Crippen molar-refractivity contribution >= 4 is 18.0 Å². The van der Waals surface area contributed by atoms with Crippen molar-refractivity contribution in [2.45, 2.75) is 43.7 Å². The van der Waals surface area contributed by atoms with Gasteiger partial charge in [-0.2, -0.15) is 0 Å². The van der Waals surface area contributed by atoms with E-state index in [0.29, 0.717) is 6.42 Å². The molecule has 3 aliphatic carbocycles. The van der Waals surface area contributed by atoms with Gasteiger partial charge < -0.3 is 25.2 Å². The highest BCUT2D eigenvalue weighted by molar-refractivity contribution is 5.87. The Balaban J connectivity index is 1.13. The molecule has 5 rings (SSSR count). The number of hydrogen-bond donors (Lipinski definition) is 3. The number of aliphatic carboxylic acids is 1. The molecule has 35 heavy (non-hydrogen) atoms. The van der Waals surface area contributed by atoms with E-state index < -0.39 is 23.6 Å². The molecule has 0 aromatic heterocycles. The van der Waals surface area contributed by atoms with Gasteiger partial charge in [-0.1, -0.05) is 48.5 Å². The van der Waals surface area contributed by atoms with Gasteiger partial charge in [0.25, 0.3) is 0 Å². The first-order chi connectivity index (χ1) is 16.9. The maximum absolute atomic E-state index is 12.8. The lowest BCUT2D eigenvalue weighted by Gasteiger charge is -2.20. The Morgan fingerprint density at radius 1 is 1.06 bits per heavy atom. The van der Waals surface area contributed by atoms with Crippen LogP contribution in [0.1, 0.15) is 42.7 Å².